The van der Waals surface area contributed by atoms with E-state index in [1.807, 2.05) is 36.4 Å². The van der Waals surface area contributed by atoms with Crippen LogP contribution in [0.1, 0.15) is 0 Å². The van der Waals surface area contributed by atoms with Gasteiger partial charge in [-0.2, -0.15) is 0 Å². The van der Waals surface area contributed by atoms with Gasteiger partial charge in [0.15, 0.2) is 0 Å². The number of fused-ring (bicyclic) bond motifs is 12. The Hall–Kier alpha value is -7.71. The monoisotopic (exact) mass is 936 g/mol. The molecule has 0 radical (unpaired) electrons. The lowest BCUT2D eigenvalue weighted by atomic mass is 9.80. The number of rotatable bonds is 6. The quantitative estimate of drug-likeness (QED) is 0.146. The van der Waals surface area contributed by atoms with Crippen molar-refractivity contribution < 1.29 is 0 Å². The molecular weight excluding hydrogens is 899 g/mol. The van der Waals surface area contributed by atoms with Crippen LogP contribution >= 0.6 is 34.8 Å². The summed E-state index contributed by atoms with van der Waals surface area (Å²) in [5.74, 6) is 0. The predicted molar refractivity (Wildman–Crippen MR) is 299 cm³/mol. The van der Waals surface area contributed by atoms with Crippen LogP contribution in [0.3, 0.4) is 0 Å². The fourth-order valence-corrected chi connectivity index (χ4v) is 11.9. The summed E-state index contributed by atoms with van der Waals surface area (Å²) in [6.45, 7) is 0. The van der Waals surface area contributed by atoms with Gasteiger partial charge in [0, 0.05) is 31.8 Å². The lowest BCUT2D eigenvalue weighted by molar-refractivity contribution is 1.60. The predicted octanol–water partition coefficient (Wildman–Crippen LogP) is 20.6. The van der Waals surface area contributed by atoms with Crippen molar-refractivity contribution in [2.45, 2.75) is 0 Å². The minimum Gasteiger partial charge on any atom is -0.0837 e. The number of hydrogen-bond acceptors (Lipinski definition) is 0. The van der Waals surface area contributed by atoms with Gasteiger partial charge < -0.3 is 0 Å². The van der Waals surface area contributed by atoms with E-state index >= 15 is 0 Å². The molecule has 0 aromatic heterocycles. The van der Waals surface area contributed by atoms with Gasteiger partial charge in [-0.1, -0.05) is 235 Å². The normalized spacial score (nSPS) is 11.7. The average molecular weight is 938 g/mol. The fourth-order valence-electron chi connectivity index (χ4n) is 11.2. The van der Waals surface area contributed by atoms with E-state index in [0.717, 1.165) is 81.8 Å². The van der Waals surface area contributed by atoms with Crippen molar-refractivity contribution in [3.8, 4) is 66.8 Å². The van der Waals surface area contributed by atoms with E-state index in [9.17, 15) is 0 Å². The summed E-state index contributed by atoms with van der Waals surface area (Å²) >= 11 is 21.1. The van der Waals surface area contributed by atoms with E-state index in [4.69, 9.17) is 34.8 Å². The second kappa shape index (κ2) is 16.8. The molecule has 13 aromatic carbocycles. The standard InChI is InChI=1S/C66H39Cl3/c67-61-34-16-13-28-49(61)40-19-1-4-22-43(40)55-37-58-64(52-31-10-7-25-46(52)55)59-38-56(44-23-5-2-20-41(44)50-29-14-17-35-62(50)68)48-27-9-12-33-54(48)66(59)60-39-57(47-26-8-11-32-53(47)65(58)60)45-24-6-3-21-42(45)51-30-15-18-36-63(51)69/h1-39H. The zero-order valence-electron chi connectivity index (χ0n) is 37.2. The van der Waals surface area contributed by atoms with Crippen LogP contribution < -0.4 is 0 Å². The largest absolute Gasteiger partial charge is 0.0837 e. The van der Waals surface area contributed by atoms with Crippen LogP contribution in [0.2, 0.25) is 15.1 Å². The smallest absolute Gasteiger partial charge is 0.0484 e. The lowest BCUT2D eigenvalue weighted by Crippen LogP contribution is -1.95. The highest BCUT2D eigenvalue weighted by atomic mass is 35.5. The van der Waals surface area contributed by atoms with E-state index in [2.05, 4.69) is 200 Å². The molecule has 0 saturated carbocycles. The van der Waals surface area contributed by atoms with Gasteiger partial charge in [0.2, 0.25) is 0 Å². The Bertz CT molecular complexity index is 3780. The molecule has 0 saturated heterocycles. The summed E-state index contributed by atoms with van der Waals surface area (Å²) in [4.78, 5) is 0. The third kappa shape index (κ3) is 6.67. The molecule has 0 nitrogen and oxygen atoms in total. The molecule has 0 spiro atoms. The second-order valence-electron chi connectivity index (χ2n) is 17.8. The van der Waals surface area contributed by atoms with Crippen molar-refractivity contribution >= 4 is 99.4 Å². The number of hydrogen-bond donors (Lipinski definition) is 0. The SMILES string of the molecule is Clc1ccccc1-c1ccccc1-c1cc2c(c3ccccc13)c1cc(-c3ccccc3-c3ccccc3Cl)c3ccccc3c1c1cc(-c3ccccc3-c3ccccc3Cl)c3ccccc3c21. The highest BCUT2D eigenvalue weighted by Gasteiger charge is 2.24. The van der Waals surface area contributed by atoms with Crippen LogP contribution in [0.15, 0.2) is 237 Å². The van der Waals surface area contributed by atoms with E-state index in [1.54, 1.807) is 0 Å². The number of benzene rings is 13. The van der Waals surface area contributed by atoms with Crippen LogP contribution in [-0.2, 0) is 0 Å². The Morgan fingerprint density at radius 3 is 0.594 bits per heavy atom. The van der Waals surface area contributed by atoms with Gasteiger partial charge in [-0.3, -0.25) is 0 Å². The first kappa shape index (κ1) is 41.5. The van der Waals surface area contributed by atoms with Gasteiger partial charge in [0.1, 0.15) is 0 Å². The molecule has 0 aliphatic rings. The third-order valence-electron chi connectivity index (χ3n) is 14.1. The fraction of sp³-hybridized carbons (Fsp3) is 0. The summed E-state index contributed by atoms with van der Waals surface area (Å²) in [6, 6.07) is 84.8. The summed E-state index contributed by atoms with van der Waals surface area (Å²) < 4.78 is 0. The molecule has 0 unspecified atom stereocenters. The lowest BCUT2D eigenvalue weighted by Gasteiger charge is -2.23. The molecule has 0 amide bonds. The van der Waals surface area contributed by atoms with Crippen molar-refractivity contribution in [3.05, 3.63) is 252 Å². The Labute approximate surface area is 415 Å². The maximum atomic E-state index is 7.02. The van der Waals surface area contributed by atoms with Gasteiger partial charge in [0.25, 0.3) is 0 Å². The molecule has 3 heteroatoms. The van der Waals surface area contributed by atoms with Crippen molar-refractivity contribution in [2.24, 2.45) is 0 Å². The highest BCUT2D eigenvalue weighted by molar-refractivity contribution is 6.42. The average Bonchev–Trinajstić information content (AvgIpc) is 3.40. The molecule has 0 aliphatic heterocycles. The van der Waals surface area contributed by atoms with Gasteiger partial charge in [0.05, 0.1) is 0 Å². The highest BCUT2D eigenvalue weighted by Crippen LogP contribution is 2.52. The Morgan fingerprint density at radius 2 is 0.348 bits per heavy atom. The van der Waals surface area contributed by atoms with Crippen LogP contribution in [0.5, 0.6) is 0 Å². The van der Waals surface area contributed by atoms with Crippen molar-refractivity contribution in [1.29, 1.82) is 0 Å². The van der Waals surface area contributed by atoms with E-state index in [1.165, 1.54) is 64.6 Å². The molecule has 13 aromatic rings. The molecule has 0 N–H and O–H groups in total. The first-order chi connectivity index (χ1) is 34.0. The minimum absolute atomic E-state index is 0.721. The van der Waals surface area contributed by atoms with Gasteiger partial charge >= 0.3 is 0 Å². The molecule has 13 rings (SSSR count). The Morgan fingerprint density at radius 1 is 0.159 bits per heavy atom. The molecule has 0 bridgehead atoms. The number of halogens is 3. The second-order valence-corrected chi connectivity index (χ2v) is 19.0. The van der Waals surface area contributed by atoms with Gasteiger partial charge in [-0.15, -0.1) is 0 Å². The van der Waals surface area contributed by atoms with E-state index in [-0.39, 0.29) is 0 Å². The Kier molecular flexibility index (Phi) is 10.1. The van der Waals surface area contributed by atoms with Gasteiger partial charge in [-0.25, -0.2) is 0 Å². The maximum Gasteiger partial charge on any atom is 0.0484 e. The summed E-state index contributed by atoms with van der Waals surface area (Å²) in [5.41, 5.74) is 13.1. The molecule has 0 atom stereocenters. The third-order valence-corrected chi connectivity index (χ3v) is 15.1. The molecule has 69 heavy (non-hydrogen) atoms. The summed E-state index contributed by atoms with van der Waals surface area (Å²) in [6.07, 6.45) is 0. The van der Waals surface area contributed by atoms with Crippen LogP contribution in [-0.4, -0.2) is 0 Å². The first-order valence-electron chi connectivity index (χ1n) is 23.2. The first-order valence-corrected chi connectivity index (χ1v) is 24.4. The maximum absolute atomic E-state index is 7.02. The van der Waals surface area contributed by atoms with Crippen LogP contribution in [0.4, 0.5) is 0 Å². The molecule has 324 valence electrons. The topological polar surface area (TPSA) is 0 Å². The van der Waals surface area contributed by atoms with Crippen molar-refractivity contribution in [2.75, 3.05) is 0 Å². The Balaban J connectivity index is 1.26. The van der Waals surface area contributed by atoms with E-state index < -0.39 is 0 Å². The molecular formula is C66H39Cl3. The van der Waals surface area contributed by atoms with Crippen LogP contribution in [0, 0.1) is 0 Å². The zero-order valence-corrected chi connectivity index (χ0v) is 39.4. The van der Waals surface area contributed by atoms with Crippen molar-refractivity contribution in [3.63, 3.8) is 0 Å². The van der Waals surface area contributed by atoms with Crippen LogP contribution in [0.25, 0.3) is 131 Å². The van der Waals surface area contributed by atoms with Gasteiger partial charge in [-0.05, 0) is 151 Å². The molecule has 0 aliphatic carbocycles. The van der Waals surface area contributed by atoms with E-state index in [0.29, 0.717) is 0 Å². The van der Waals surface area contributed by atoms with Crippen molar-refractivity contribution in [1.82, 2.24) is 0 Å². The minimum atomic E-state index is 0.721. The summed E-state index contributed by atoms with van der Waals surface area (Å²) in [7, 11) is 0. The molecule has 0 fully saturated rings. The zero-order chi connectivity index (χ0) is 46.2. The molecule has 0 heterocycles. The summed E-state index contributed by atoms with van der Waals surface area (Å²) in [5, 5.41) is 16.4.